The van der Waals surface area contributed by atoms with Gasteiger partial charge in [0.2, 0.25) is 15.9 Å². The molecular formula is C19H22F3N3O4S. The number of halogens is 3. The summed E-state index contributed by atoms with van der Waals surface area (Å²) in [5.74, 6) is -0.589. The Morgan fingerprint density at radius 1 is 1.07 bits per heavy atom. The Balaban J connectivity index is 2.09. The lowest BCUT2D eigenvalue weighted by Crippen LogP contribution is -2.34. The monoisotopic (exact) mass is 445 g/mol. The molecule has 0 saturated heterocycles. The molecule has 0 saturated carbocycles. The van der Waals surface area contributed by atoms with E-state index in [9.17, 15) is 31.2 Å². The van der Waals surface area contributed by atoms with Gasteiger partial charge in [0.15, 0.2) is 0 Å². The summed E-state index contributed by atoms with van der Waals surface area (Å²) in [6.45, 7) is 3.42. The number of aromatic nitrogens is 1. The van der Waals surface area contributed by atoms with Crippen LogP contribution in [0.1, 0.15) is 25.0 Å². The third-order valence-electron chi connectivity index (χ3n) is 4.38. The van der Waals surface area contributed by atoms with Crippen LogP contribution in [-0.2, 0) is 34.1 Å². The van der Waals surface area contributed by atoms with Crippen LogP contribution in [0.2, 0.25) is 0 Å². The van der Waals surface area contributed by atoms with E-state index >= 15 is 0 Å². The first-order valence-corrected chi connectivity index (χ1v) is 10.6. The molecule has 0 fully saturated rings. The molecule has 1 heterocycles. The molecule has 2 aromatic rings. The van der Waals surface area contributed by atoms with Gasteiger partial charge in [-0.15, -0.1) is 0 Å². The maximum atomic E-state index is 12.6. The number of carbonyl (C=O) groups excluding carboxylic acids is 1. The van der Waals surface area contributed by atoms with Crippen molar-refractivity contribution in [1.29, 1.82) is 0 Å². The van der Waals surface area contributed by atoms with Crippen LogP contribution in [0.3, 0.4) is 0 Å². The molecule has 30 heavy (non-hydrogen) atoms. The fourth-order valence-corrected chi connectivity index (χ4v) is 4.20. The van der Waals surface area contributed by atoms with Gasteiger partial charge in [-0.05, 0) is 23.8 Å². The highest BCUT2D eigenvalue weighted by atomic mass is 32.2. The largest absolute Gasteiger partial charge is 0.416 e. The molecule has 0 atom stereocenters. The first kappa shape index (κ1) is 23.6. The number of benzene rings is 1. The molecule has 2 rings (SSSR count). The Labute approximate surface area is 172 Å². The average molecular weight is 445 g/mol. The van der Waals surface area contributed by atoms with Gasteiger partial charge in [-0.2, -0.15) is 17.5 Å². The molecule has 1 aromatic carbocycles. The van der Waals surface area contributed by atoms with Gasteiger partial charge in [-0.25, -0.2) is 8.42 Å². The van der Waals surface area contributed by atoms with Crippen molar-refractivity contribution in [3.63, 3.8) is 0 Å². The average Bonchev–Trinajstić information content (AvgIpc) is 2.68. The summed E-state index contributed by atoms with van der Waals surface area (Å²) >= 11 is 0. The van der Waals surface area contributed by atoms with Crippen molar-refractivity contribution < 1.29 is 26.4 Å². The fraction of sp³-hybridized carbons (Fsp3) is 0.368. The van der Waals surface area contributed by atoms with Crippen LogP contribution in [0.25, 0.3) is 0 Å². The summed E-state index contributed by atoms with van der Waals surface area (Å²) in [4.78, 5) is 24.1. The van der Waals surface area contributed by atoms with Gasteiger partial charge in [0.05, 0.1) is 10.5 Å². The summed E-state index contributed by atoms with van der Waals surface area (Å²) in [6, 6.07) is 6.56. The Morgan fingerprint density at radius 3 is 2.20 bits per heavy atom. The second-order valence-electron chi connectivity index (χ2n) is 6.39. The minimum Gasteiger partial charge on any atom is -0.350 e. The SMILES string of the molecule is CCN(CC)S(=O)(=O)c1ccc(=O)n(CC(=O)NCc2ccc(C(F)(F)F)cc2)c1. The van der Waals surface area contributed by atoms with Crippen molar-refractivity contribution in [2.24, 2.45) is 0 Å². The van der Waals surface area contributed by atoms with Crippen LogP contribution >= 0.6 is 0 Å². The second kappa shape index (κ2) is 9.43. The Bertz CT molecular complexity index is 1040. The standard InChI is InChI=1S/C19H22F3N3O4S/c1-3-25(4-2)30(28,29)16-9-10-18(27)24(12-16)13-17(26)23-11-14-5-7-15(8-6-14)19(20,21)22/h5-10,12H,3-4,11,13H2,1-2H3,(H,23,26). The van der Waals surface area contributed by atoms with Gasteiger partial charge >= 0.3 is 6.18 Å². The Kier molecular flexibility index (Phi) is 7.43. The van der Waals surface area contributed by atoms with Crippen LogP contribution in [-0.4, -0.2) is 36.3 Å². The molecule has 0 aliphatic rings. The van der Waals surface area contributed by atoms with E-state index in [0.29, 0.717) is 5.56 Å². The van der Waals surface area contributed by atoms with Crippen LogP contribution in [0, 0.1) is 0 Å². The highest BCUT2D eigenvalue weighted by molar-refractivity contribution is 7.89. The van der Waals surface area contributed by atoms with E-state index in [4.69, 9.17) is 0 Å². The van der Waals surface area contributed by atoms with Crippen molar-refractivity contribution >= 4 is 15.9 Å². The molecule has 164 valence electrons. The van der Waals surface area contributed by atoms with Crippen LogP contribution in [0.4, 0.5) is 13.2 Å². The zero-order valence-electron chi connectivity index (χ0n) is 16.4. The van der Waals surface area contributed by atoms with Crippen molar-refractivity contribution in [3.8, 4) is 0 Å². The molecule has 7 nitrogen and oxygen atoms in total. The van der Waals surface area contributed by atoms with Crippen LogP contribution < -0.4 is 10.9 Å². The molecule has 0 radical (unpaired) electrons. The predicted octanol–water partition coefficient (Wildman–Crippen LogP) is 2.21. The normalized spacial score (nSPS) is 12.2. The van der Waals surface area contributed by atoms with Crippen molar-refractivity contribution in [2.75, 3.05) is 13.1 Å². The summed E-state index contributed by atoms with van der Waals surface area (Å²) in [7, 11) is -3.80. The van der Waals surface area contributed by atoms with E-state index in [0.717, 1.165) is 29.0 Å². The minimum absolute atomic E-state index is 0.0385. The fourth-order valence-electron chi connectivity index (χ4n) is 2.72. The quantitative estimate of drug-likeness (QED) is 0.675. The summed E-state index contributed by atoms with van der Waals surface area (Å²) in [5.41, 5.74) is -0.907. The van der Waals surface area contributed by atoms with Gasteiger partial charge in [0, 0.05) is 31.9 Å². The lowest BCUT2D eigenvalue weighted by molar-refractivity contribution is -0.137. The van der Waals surface area contributed by atoms with Gasteiger partial charge in [-0.3, -0.25) is 9.59 Å². The second-order valence-corrected chi connectivity index (χ2v) is 8.33. The number of hydrogen-bond donors (Lipinski definition) is 1. The number of nitrogens with one attached hydrogen (secondary N) is 1. The molecule has 11 heteroatoms. The Hall–Kier alpha value is -2.66. The highest BCUT2D eigenvalue weighted by Crippen LogP contribution is 2.29. The molecule has 0 spiro atoms. The molecular weight excluding hydrogens is 423 g/mol. The Morgan fingerprint density at radius 2 is 1.67 bits per heavy atom. The number of rotatable bonds is 8. The van der Waals surface area contributed by atoms with E-state index < -0.39 is 39.8 Å². The number of carbonyl (C=O) groups is 1. The third kappa shape index (κ3) is 5.70. The summed E-state index contributed by atoms with van der Waals surface area (Å²) < 4.78 is 65.1. The van der Waals surface area contributed by atoms with Crippen LogP contribution in [0.15, 0.2) is 52.3 Å². The molecule has 1 amide bonds. The summed E-state index contributed by atoms with van der Waals surface area (Å²) in [5, 5.41) is 2.50. The van der Waals surface area contributed by atoms with Gasteiger partial charge in [0.25, 0.3) is 5.56 Å². The van der Waals surface area contributed by atoms with Crippen LogP contribution in [0.5, 0.6) is 0 Å². The number of nitrogens with zero attached hydrogens (tertiary/aromatic N) is 2. The topological polar surface area (TPSA) is 88.5 Å². The highest BCUT2D eigenvalue weighted by Gasteiger charge is 2.29. The number of sulfonamides is 1. The maximum Gasteiger partial charge on any atom is 0.416 e. The zero-order chi connectivity index (χ0) is 22.5. The van der Waals surface area contributed by atoms with Crippen molar-refractivity contribution in [3.05, 3.63) is 64.1 Å². The molecule has 0 unspecified atom stereocenters. The van der Waals surface area contributed by atoms with Gasteiger partial charge < -0.3 is 9.88 Å². The smallest absolute Gasteiger partial charge is 0.350 e. The lowest BCUT2D eigenvalue weighted by atomic mass is 10.1. The third-order valence-corrected chi connectivity index (χ3v) is 6.42. The van der Waals surface area contributed by atoms with E-state index in [1.54, 1.807) is 13.8 Å². The van der Waals surface area contributed by atoms with Gasteiger partial charge in [-0.1, -0.05) is 26.0 Å². The first-order valence-electron chi connectivity index (χ1n) is 9.12. The summed E-state index contributed by atoms with van der Waals surface area (Å²) in [6.07, 6.45) is -3.34. The van der Waals surface area contributed by atoms with Crippen molar-refractivity contribution in [2.45, 2.75) is 38.0 Å². The maximum absolute atomic E-state index is 12.6. The van der Waals surface area contributed by atoms with E-state index in [1.165, 1.54) is 22.5 Å². The minimum atomic E-state index is -4.45. The number of pyridine rings is 1. The van der Waals surface area contributed by atoms with E-state index in [1.807, 2.05) is 0 Å². The first-order chi connectivity index (χ1) is 14.0. The number of hydrogen-bond acceptors (Lipinski definition) is 4. The molecule has 0 aliphatic carbocycles. The molecule has 1 N–H and O–H groups in total. The molecule has 0 bridgehead atoms. The van der Waals surface area contributed by atoms with E-state index in [2.05, 4.69) is 5.32 Å². The molecule has 0 aliphatic heterocycles. The predicted molar refractivity (Wildman–Crippen MR) is 104 cm³/mol. The number of alkyl halides is 3. The number of amides is 1. The van der Waals surface area contributed by atoms with Gasteiger partial charge in [0.1, 0.15) is 6.54 Å². The van der Waals surface area contributed by atoms with E-state index in [-0.39, 0.29) is 24.5 Å². The van der Waals surface area contributed by atoms with Crippen molar-refractivity contribution in [1.82, 2.24) is 14.2 Å². The lowest BCUT2D eigenvalue weighted by Gasteiger charge is -2.19. The zero-order valence-corrected chi connectivity index (χ0v) is 17.3. The molecule has 1 aromatic heterocycles.